The van der Waals surface area contributed by atoms with Crippen LogP contribution in [0.15, 0.2) is 48.5 Å². The highest BCUT2D eigenvalue weighted by Crippen LogP contribution is 2.30. The minimum Gasteiger partial charge on any atom is -0.494 e. The molecule has 4 rings (SSSR count). The lowest BCUT2D eigenvalue weighted by Gasteiger charge is -2.06. The molecule has 0 bridgehead atoms. The van der Waals surface area contributed by atoms with Gasteiger partial charge in [-0.25, -0.2) is 4.57 Å². The SMILES string of the molecule is CCOc1ccc(-c2c(C)n(-c3ccc(OCC)cc3)c3[n+]2CCC3)cc1. The van der Waals surface area contributed by atoms with Crippen LogP contribution in [0.2, 0.25) is 0 Å². The van der Waals surface area contributed by atoms with Crippen molar-refractivity contribution in [2.24, 2.45) is 0 Å². The second-order valence-corrected chi connectivity index (χ2v) is 6.83. The number of fused-ring (bicyclic) bond motifs is 1. The van der Waals surface area contributed by atoms with Gasteiger partial charge in [0.2, 0.25) is 0 Å². The highest BCUT2D eigenvalue weighted by molar-refractivity contribution is 5.61. The van der Waals surface area contributed by atoms with Crippen molar-refractivity contribution in [1.82, 2.24) is 4.57 Å². The van der Waals surface area contributed by atoms with Crippen LogP contribution in [0.5, 0.6) is 11.5 Å². The molecule has 1 aromatic heterocycles. The summed E-state index contributed by atoms with van der Waals surface area (Å²) in [5.74, 6) is 3.22. The summed E-state index contributed by atoms with van der Waals surface area (Å²) in [7, 11) is 0. The van der Waals surface area contributed by atoms with Gasteiger partial charge in [-0.1, -0.05) is 0 Å². The van der Waals surface area contributed by atoms with Crippen LogP contribution in [0.3, 0.4) is 0 Å². The summed E-state index contributed by atoms with van der Waals surface area (Å²) in [6, 6.07) is 16.9. The molecule has 4 nitrogen and oxygen atoms in total. The lowest BCUT2D eigenvalue weighted by molar-refractivity contribution is -0.679. The Morgan fingerprint density at radius 2 is 1.48 bits per heavy atom. The third-order valence-corrected chi connectivity index (χ3v) is 5.14. The summed E-state index contributed by atoms with van der Waals surface area (Å²) in [6.07, 6.45) is 2.29. The molecule has 0 aliphatic carbocycles. The molecular weight excluding hydrogens is 336 g/mol. The number of hydrogen-bond acceptors (Lipinski definition) is 2. The molecule has 3 aromatic rings. The highest BCUT2D eigenvalue weighted by atomic mass is 16.5. The van der Waals surface area contributed by atoms with Gasteiger partial charge in [-0.15, -0.1) is 0 Å². The quantitative estimate of drug-likeness (QED) is 0.604. The number of benzene rings is 2. The predicted octanol–water partition coefficient (Wildman–Crippen LogP) is 4.48. The van der Waals surface area contributed by atoms with Gasteiger partial charge in [0.25, 0.3) is 5.82 Å². The van der Waals surface area contributed by atoms with Gasteiger partial charge in [0.05, 0.1) is 26.2 Å². The molecule has 2 heterocycles. The first-order valence-corrected chi connectivity index (χ1v) is 9.83. The van der Waals surface area contributed by atoms with Gasteiger partial charge in [-0.2, -0.15) is 4.57 Å². The molecule has 0 N–H and O–H groups in total. The van der Waals surface area contributed by atoms with E-state index in [4.69, 9.17) is 9.47 Å². The molecule has 0 spiro atoms. The Labute approximate surface area is 161 Å². The van der Waals surface area contributed by atoms with Crippen molar-refractivity contribution in [3.8, 4) is 28.4 Å². The number of ether oxygens (including phenoxy) is 2. The molecule has 140 valence electrons. The first-order chi connectivity index (χ1) is 13.2. The van der Waals surface area contributed by atoms with Crippen molar-refractivity contribution in [1.29, 1.82) is 0 Å². The van der Waals surface area contributed by atoms with E-state index in [0.717, 1.165) is 24.5 Å². The van der Waals surface area contributed by atoms with E-state index in [1.807, 2.05) is 13.8 Å². The van der Waals surface area contributed by atoms with E-state index in [1.165, 1.54) is 34.9 Å². The molecule has 4 heteroatoms. The zero-order valence-corrected chi connectivity index (χ0v) is 16.4. The lowest BCUT2D eigenvalue weighted by atomic mass is 10.1. The average Bonchev–Trinajstić information content (AvgIpc) is 3.24. The summed E-state index contributed by atoms with van der Waals surface area (Å²) >= 11 is 0. The monoisotopic (exact) mass is 363 g/mol. The van der Waals surface area contributed by atoms with Crippen molar-refractivity contribution in [2.45, 2.75) is 40.2 Å². The molecule has 0 saturated carbocycles. The Balaban J connectivity index is 1.77. The predicted molar refractivity (Wildman–Crippen MR) is 107 cm³/mol. The smallest absolute Gasteiger partial charge is 0.262 e. The fourth-order valence-corrected chi connectivity index (χ4v) is 4.07. The Bertz CT molecular complexity index is 850. The van der Waals surface area contributed by atoms with Crippen LogP contribution < -0.4 is 14.0 Å². The number of aromatic nitrogens is 2. The molecule has 0 atom stereocenters. The van der Waals surface area contributed by atoms with Crippen LogP contribution >= 0.6 is 0 Å². The maximum absolute atomic E-state index is 5.60. The third-order valence-electron chi connectivity index (χ3n) is 5.14. The Hall–Kier alpha value is -2.75. The van der Waals surface area contributed by atoms with Gasteiger partial charge in [-0.3, -0.25) is 0 Å². The molecule has 0 fully saturated rings. The van der Waals surface area contributed by atoms with E-state index in [9.17, 15) is 0 Å². The van der Waals surface area contributed by atoms with Crippen molar-refractivity contribution >= 4 is 0 Å². The molecule has 0 saturated heterocycles. The zero-order valence-electron chi connectivity index (χ0n) is 16.4. The highest BCUT2D eigenvalue weighted by Gasteiger charge is 2.33. The summed E-state index contributed by atoms with van der Waals surface area (Å²) in [5.41, 5.74) is 5.01. The maximum Gasteiger partial charge on any atom is 0.262 e. The molecule has 2 aromatic carbocycles. The minimum absolute atomic E-state index is 0.690. The van der Waals surface area contributed by atoms with Gasteiger partial charge in [0.15, 0.2) is 11.4 Å². The number of hydrogen-bond donors (Lipinski definition) is 0. The minimum atomic E-state index is 0.690. The number of nitrogens with zero attached hydrogens (tertiary/aromatic N) is 2. The van der Waals surface area contributed by atoms with Gasteiger partial charge < -0.3 is 9.47 Å². The molecule has 0 radical (unpaired) electrons. The first kappa shape index (κ1) is 17.7. The van der Waals surface area contributed by atoms with Crippen LogP contribution in [0.1, 0.15) is 31.8 Å². The summed E-state index contributed by atoms with van der Waals surface area (Å²) < 4.78 is 16.1. The number of rotatable bonds is 6. The van der Waals surface area contributed by atoms with E-state index in [2.05, 4.69) is 64.6 Å². The Morgan fingerprint density at radius 1 is 0.889 bits per heavy atom. The first-order valence-electron chi connectivity index (χ1n) is 9.83. The van der Waals surface area contributed by atoms with Crippen LogP contribution in [0.25, 0.3) is 16.9 Å². The lowest BCUT2D eigenvalue weighted by Crippen LogP contribution is -2.33. The average molecular weight is 363 g/mol. The molecule has 0 amide bonds. The van der Waals surface area contributed by atoms with Crippen LogP contribution in [0, 0.1) is 6.92 Å². The molecule has 0 unspecified atom stereocenters. The summed E-state index contributed by atoms with van der Waals surface area (Å²) in [5, 5.41) is 0. The normalized spacial score (nSPS) is 12.9. The van der Waals surface area contributed by atoms with E-state index in [-0.39, 0.29) is 0 Å². The molecular formula is C23H27N2O2+. The van der Waals surface area contributed by atoms with E-state index < -0.39 is 0 Å². The standard InChI is InChI=1S/C23H27N2O2/c1-4-26-20-12-8-18(9-13-20)23-17(3)25(22-7-6-16-24(22)23)19-10-14-21(15-11-19)27-5-2/h8-15H,4-7,16H2,1-3H3/q+1. The fourth-order valence-electron chi connectivity index (χ4n) is 4.07. The van der Waals surface area contributed by atoms with Crippen molar-refractivity contribution in [2.75, 3.05) is 13.2 Å². The van der Waals surface area contributed by atoms with Gasteiger partial charge >= 0.3 is 0 Å². The van der Waals surface area contributed by atoms with Crippen molar-refractivity contribution in [3.05, 3.63) is 60.0 Å². The van der Waals surface area contributed by atoms with Crippen LogP contribution in [-0.2, 0) is 13.0 Å². The Kier molecular flexibility index (Phi) is 4.88. The molecule has 27 heavy (non-hydrogen) atoms. The van der Waals surface area contributed by atoms with Crippen LogP contribution in [-0.4, -0.2) is 17.8 Å². The maximum atomic E-state index is 5.60. The number of imidazole rings is 1. The van der Waals surface area contributed by atoms with E-state index >= 15 is 0 Å². The van der Waals surface area contributed by atoms with Crippen molar-refractivity contribution < 1.29 is 14.0 Å². The second-order valence-electron chi connectivity index (χ2n) is 6.83. The fraction of sp³-hybridized carbons (Fsp3) is 0.348. The third kappa shape index (κ3) is 3.20. The molecule has 1 aliphatic heterocycles. The van der Waals surface area contributed by atoms with Gasteiger partial charge in [0, 0.05) is 12.5 Å². The largest absolute Gasteiger partial charge is 0.494 e. The van der Waals surface area contributed by atoms with E-state index in [1.54, 1.807) is 0 Å². The van der Waals surface area contributed by atoms with Crippen LogP contribution in [0.4, 0.5) is 0 Å². The Morgan fingerprint density at radius 3 is 2.07 bits per heavy atom. The topological polar surface area (TPSA) is 27.3 Å². The summed E-state index contributed by atoms with van der Waals surface area (Å²) in [4.78, 5) is 0. The zero-order chi connectivity index (χ0) is 18.8. The second kappa shape index (κ2) is 7.47. The van der Waals surface area contributed by atoms with Crippen molar-refractivity contribution in [3.63, 3.8) is 0 Å². The van der Waals surface area contributed by atoms with Gasteiger partial charge in [0.1, 0.15) is 17.2 Å². The molecule has 1 aliphatic rings. The van der Waals surface area contributed by atoms with E-state index in [0.29, 0.717) is 13.2 Å². The summed E-state index contributed by atoms with van der Waals surface area (Å²) in [6.45, 7) is 8.69. The van der Waals surface area contributed by atoms with Gasteiger partial charge in [-0.05, 0) is 68.8 Å².